The second kappa shape index (κ2) is 8.89. The van der Waals surface area contributed by atoms with Crippen molar-refractivity contribution in [2.75, 3.05) is 57.3 Å². The molecule has 3 fully saturated rings. The van der Waals surface area contributed by atoms with Crippen molar-refractivity contribution >= 4 is 22.2 Å². The van der Waals surface area contributed by atoms with Crippen LogP contribution in [0.5, 0.6) is 0 Å². The van der Waals surface area contributed by atoms with Crippen molar-refractivity contribution in [3.05, 3.63) is 54.0 Å². The largest absolute Gasteiger partial charge is 0.369 e. The number of hydrogen-bond donors (Lipinski definition) is 3. The van der Waals surface area contributed by atoms with Crippen molar-refractivity contribution < 1.29 is 0 Å². The lowest BCUT2D eigenvalue weighted by Gasteiger charge is -2.33. The zero-order valence-electron chi connectivity index (χ0n) is 18.7. The van der Waals surface area contributed by atoms with Gasteiger partial charge in [0.25, 0.3) is 0 Å². The molecule has 2 atom stereocenters. The van der Waals surface area contributed by atoms with E-state index in [4.69, 9.17) is 4.98 Å². The van der Waals surface area contributed by atoms with Crippen molar-refractivity contribution in [3.8, 4) is 0 Å². The average molecular weight is 419 g/mol. The fourth-order valence-corrected chi connectivity index (χ4v) is 5.01. The molecule has 0 saturated carbocycles. The summed E-state index contributed by atoms with van der Waals surface area (Å²) < 4.78 is 0. The minimum Gasteiger partial charge on any atom is -0.369 e. The van der Waals surface area contributed by atoms with E-state index in [0.717, 1.165) is 69.5 Å². The van der Waals surface area contributed by atoms with Crippen LogP contribution in [0, 0.1) is 5.92 Å². The minimum atomic E-state index is 0.658. The number of para-hydroxylation sites is 1. The van der Waals surface area contributed by atoms with E-state index >= 15 is 0 Å². The highest BCUT2D eigenvalue weighted by Crippen LogP contribution is 2.34. The fourth-order valence-electron chi connectivity index (χ4n) is 5.01. The van der Waals surface area contributed by atoms with Gasteiger partial charge in [-0.1, -0.05) is 38.1 Å². The predicted molar refractivity (Wildman–Crippen MR) is 129 cm³/mol. The van der Waals surface area contributed by atoms with Gasteiger partial charge in [0, 0.05) is 75.4 Å². The van der Waals surface area contributed by atoms with E-state index in [1.807, 2.05) is 13.8 Å². The number of benzene rings is 1. The van der Waals surface area contributed by atoms with Crippen LogP contribution in [0.2, 0.25) is 0 Å². The van der Waals surface area contributed by atoms with Crippen LogP contribution in [0.3, 0.4) is 0 Å². The van der Waals surface area contributed by atoms with E-state index in [0.29, 0.717) is 6.04 Å². The number of fused-ring (bicyclic) bond motifs is 2. The van der Waals surface area contributed by atoms with E-state index < -0.39 is 0 Å². The Morgan fingerprint density at radius 2 is 1.84 bits per heavy atom. The zero-order valence-corrected chi connectivity index (χ0v) is 18.7. The number of piperazine rings is 1. The quantitative estimate of drug-likeness (QED) is 0.712. The summed E-state index contributed by atoms with van der Waals surface area (Å²) in [7, 11) is 0. The second-order valence-corrected chi connectivity index (χ2v) is 8.56. The lowest BCUT2D eigenvalue weighted by molar-refractivity contribution is 0.282. The summed E-state index contributed by atoms with van der Waals surface area (Å²) >= 11 is 0. The summed E-state index contributed by atoms with van der Waals surface area (Å²) in [6.07, 6.45) is 4.48. The van der Waals surface area contributed by atoms with Gasteiger partial charge in [-0.3, -0.25) is 0 Å². The van der Waals surface area contributed by atoms with Gasteiger partial charge in [0.2, 0.25) is 0 Å². The first-order valence-electron chi connectivity index (χ1n) is 11.8. The normalized spacial score (nSPS) is 25.0. The Balaban J connectivity index is 0.000000994. The molecule has 0 radical (unpaired) electrons. The molecule has 6 nitrogen and oxygen atoms in total. The third-order valence-corrected chi connectivity index (χ3v) is 6.81. The van der Waals surface area contributed by atoms with E-state index in [9.17, 15) is 0 Å². The second-order valence-electron chi connectivity index (χ2n) is 8.56. The van der Waals surface area contributed by atoms with Crippen LogP contribution in [0.25, 0.3) is 16.5 Å². The number of pyridine rings is 1. The molecular formula is C25H34N6. The molecule has 3 N–H and O–H groups in total. The SMILES string of the molecule is C1=C(c2cc(N3C[C@@H]4CN[C@@H]4C3)c3ccccc3n2)CNC(N2CCNCC2)=C1.CC. The molecule has 6 heteroatoms. The maximum absolute atomic E-state index is 5.02. The van der Waals surface area contributed by atoms with E-state index in [1.165, 1.54) is 22.5 Å². The fraction of sp³-hybridized carbons (Fsp3) is 0.480. The highest BCUT2D eigenvalue weighted by Gasteiger charge is 2.39. The first-order chi connectivity index (χ1) is 15.3. The number of hydrogen-bond acceptors (Lipinski definition) is 6. The maximum atomic E-state index is 5.02. The highest BCUT2D eigenvalue weighted by atomic mass is 15.3. The highest BCUT2D eigenvalue weighted by molar-refractivity contribution is 5.94. The van der Waals surface area contributed by atoms with E-state index in [2.05, 4.69) is 68.2 Å². The van der Waals surface area contributed by atoms with Crippen molar-refractivity contribution in [1.82, 2.24) is 25.8 Å². The molecule has 4 aliphatic rings. The Hall–Kier alpha value is -2.57. The van der Waals surface area contributed by atoms with E-state index in [-0.39, 0.29) is 0 Å². The average Bonchev–Trinajstić information content (AvgIpc) is 3.14. The summed E-state index contributed by atoms with van der Waals surface area (Å²) in [6, 6.07) is 11.5. The number of aromatic nitrogens is 1. The first-order valence-corrected chi connectivity index (χ1v) is 11.8. The Bertz CT molecular complexity index is 979. The molecule has 0 amide bonds. The monoisotopic (exact) mass is 418 g/mol. The molecule has 4 aliphatic heterocycles. The summed E-state index contributed by atoms with van der Waals surface area (Å²) in [5, 5.41) is 11.9. The van der Waals surface area contributed by atoms with Gasteiger partial charge in [0.15, 0.2) is 0 Å². The van der Waals surface area contributed by atoms with Gasteiger partial charge in [-0.15, -0.1) is 0 Å². The van der Waals surface area contributed by atoms with Gasteiger partial charge in [-0.05, 0) is 23.8 Å². The maximum Gasteiger partial charge on any atom is 0.102 e. The lowest BCUT2D eigenvalue weighted by Crippen LogP contribution is -2.51. The Morgan fingerprint density at radius 1 is 1.00 bits per heavy atom. The van der Waals surface area contributed by atoms with Crippen LogP contribution >= 0.6 is 0 Å². The molecule has 6 rings (SSSR count). The van der Waals surface area contributed by atoms with Gasteiger partial charge < -0.3 is 25.8 Å². The molecule has 5 heterocycles. The molecule has 0 aliphatic carbocycles. The van der Waals surface area contributed by atoms with Crippen LogP contribution in [0.1, 0.15) is 19.5 Å². The van der Waals surface area contributed by atoms with Crippen molar-refractivity contribution in [3.63, 3.8) is 0 Å². The molecule has 0 bridgehead atoms. The predicted octanol–water partition coefficient (Wildman–Crippen LogP) is 2.40. The van der Waals surface area contributed by atoms with Crippen molar-refractivity contribution in [2.45, 2.75) is 19.9 Å². The number of anilines is 1. The van der Waals surface area contributed by atoms with Gasteiger partial charge in [-0.2, -0.15) is 0 Å². The van der Waals surface area contributed by atoms with Gasteiger partial charge >= 0.3 is 0 Å². The molecule has 164 valence electrons. The molecule has 1 aromatic carbocycles. The van der Waals surface area contributed by atoms with Crippen LogP contribution in [0.4, 0.5) is 5.69 Å². The van der Waals surface area contributed by atoms with Gasteiger partial charge in [-0.25, -0.2) is 4.98 Å². The molecule has 0 spiro atoms. The van der Waals surface area contributed by atoms with Crippen LogP contribution < -0.4 is 20.9 Å². The molecule has 0 unspecified atom stereocenters. The minimum absolute atomic E-state index is 0.658. The smallest absolute Gasteiger partial charge is 0.102 e. The number of nitrogens with zero attached hydrogens (tertiary/aromatic N) is 3. The van der Waals surface area contributed by atoms with Crippen LogP contribution in [-0.4, -0.2) is 68.3 Å². The number of rotatable bonds is 3. The molecule has 2 aromatic rings. The van der Waals surface area contributed by atoms with Crippen LogP contribution in [0.15, 0.2) is 48.3 Å². The third kappa shape index (κ3) is 3.90. The molecule has 3 saturated heterocycles. The number of allylic oxidation sites excluding steroid dienone is 2. The topological polar surface area (TPSA) is 55.5 Å². The summed E-state index contributed by atoms with van der Waals surface area (Å²) in [5.74, 6) is 2.03. The lowest BCUT2D eigenvalue weighted by atomic mass is 9.96. The van der Waals surface area contributed by atoms with E-state index in [1.54, 1.807) is 0 Å². The zero-order chi connectivity index (χ0) is 21.2. The van der Waals surface area contributed by atoms with Gasteiger partial charge in [0.05, 0.1) is 11.2 Å². The first kappa shape index (κ1) is 20.3. The summed E-state index contributed by atoms with van der Waals surface area (Å²) in [5.41, 5.74) is 4.77. The standard InChI is InChI=1S/C23H28N6.C2H6/c1-2-4-19-18(3-1)22(29-14-17-13-25-21(17)15-29)11-20(27-19)16-5-6-23(26-12-16)28-9-7-24-8-10-28;1-2/h1-6,11,17,21,24-26H,7-10,12-15H2;1-2H3/t17-,21+;/m0./s1. The molecule has 31 heavy (non-hydrogen) atoms. The third-order valence-electron chi connectivity index (χ3n) is 6.81. The van der Waals surface area contributed by atoms with Crippen molar-refractivity contribution in [2.24, 2.45) is 5.92 Å². The Kier molecular flexibility index (Phi) is 5.83. The van der Waals surface area contributed by atoms with Crippen LogP contribution in [-0.2, 0) is 0 Å². The Morgan fingerprint density at radius 3 is 2.52 bits per heavy atom. The van der Waals surface area contributed by atoms with Crippen molar-refractivity contribution in [1.29, 1.82) is 0 Å². The summed E-state index contributed by atoms with van der Waals surface area (Å²) in [4.78, 5) is 10.0. The summed E-state index contributed by atoms with van der Waals surface area (Å²) in [6.45, 7) is 12.5. The van der Waals surface area contributed by atoms with Gasteiger partial charge in [0.1, 0.15) is 5.82 Å². The molecular weight excluding hydrogens is 384 g/mol. The molecule has 1 aromatic heterocycles. The number of nitrogens with one attached hydrogen (secondary N) is 3. The Labute approximate surface area is 185 Å². The number of dihydropyridines is 1.